The molecule has 1 aliphatic rings. The molecule has 1 saturated heterocycles. The van der Waals surface area contributed by atoms with E-state index in [-0.39, 0.29) is 0 Å². The molecular weight excluding hydrogens is 402 g/mol. The Morgan fingerprint density at radius 3 is 2.47 bits per heavy atom. The largest absolute Gasteiger partial charge is 0.493 e. The predicted molar refractivity (Wildman–Crippen MR) is 134 cm³/mol. The molecule has 0 radical (unpaired) electrons. The van der Waals surface area contributed by atoms with Crippen LogP contribution in [0.15, 0.2) is 23.2 Å². The highest BCUT2D eigenvalue weighted by atomic mass is 16.5. The summed E-state index contributed by atoms with van der Waals surface area (Å²) in [5.41, 5.74) is 1.10. The first kappa shape index (κ1) is 26.3. The number of likely N-dealkylation sites (tertiary alicyclic amines) is 1. The Kier molecular flexibility index (Phi) is 11.7. The number of hydrogen-bond donors (Lipinski definition) is 2. The van der Waals surface area contributed by atoms with Crippen LogP contribution in [0.25, 0.3) is 0 Å². The molecule has 1 aliphatic heterocycles. The second kappa shape index (κ2) is 14.2. The van der Waals surface area contributed by atoms with Gasteiger partial charge in [-0.25, -0.2) is 4.99 Å². The first-order valence-corrected chi connectivity index (χ1v) is 12.3. The Morgan fingerprint density at radius 2 is 1.88 bits per heavy atom. The predicted octanol–water partition coefficient (Wildman–Crippen LogP) is 3.34. The quantitative estimate of drug-likeness (QED) is 0.379. The van der Waals surface area contributed by atoms with E-state index >= 15 is 0 Å². The van der Waals surface area contributed by atoms with Crippen molar-refractivity contribution in [3.8, 4) is 11.5 Å². The number of ether oxygens (including phenoxy) is 2. The van der Waals surface area contributed by atoms with E-state index in [4.69, 9.17) is 14.5 Å². The lowest BCUT2D eigenvalue weighted by atomic mass is 10.0. The van der Waals surface area contributed by atoms with Crippen LogP contribution in [0.3, 0.4) is 0 Å². The van der Waals surface area contributed by atoms with Gasteiger partial charge in [-0.3, -0.25) is 0 Å². The van der Waals surface area contributed by atoms with Crippen molar-refractivity contribution in [2.75, 3.05) is 53.0 Å². The number of nitrogens with zero attached hydrogens (tertiary/aromatic N) is 3. The molecule has 32 heavy (non-hydrogen) atoms. The summed E-state index contributed by atoms with van der Waals surface area (Å²) >= 11 is 0. The van der Waals surface area contributed by atoms with Crippen molar-refractivity contribution in [3.05, 3.63) is 23.8 Å². The Bertz CT molecular complexity index is 683. The highest BCUT2D eigenvalue weighted by molar-refractivity contribution is 5.80. The minimum Gasteiger partial charge on any atom is -0.493 e. The second-order valence-corrected chi connectivity index (χ2v) is 8.60. The SMILES string of the molecule is CCNC(=NCc1ccc(OCCN(CC)CC)c(OC)c1)NC1CCN(C(C)C)CC1. The molecule has 0 aliphatic carbocycles. The van der Waals surface area contributed by atoms with Gasteiger partial charge in [-0.05, 0) is 64.4 Å². The summed E-state index contributed by atoms with van der Waals surface area (Å²) in [6, 6.07) is 7.19. The van der Waals surface area contributed by atoms with Crippen molar-refractivity contribution >= 4 is 5.96 Å². The van der Waals surface area contributed by atoms with Crippen molar-refractivity contribution in [3.63, 3.8) is 0 Å². The van der Waals surface area contributed by atoms with Crippen molar-refractivity contribution in [2.45, 2.75) is 66.1 Å². The van der Waals surface area contributed by atoms with Gasteiger partial charge in [-0.15, -0.1) is 0 Å². The average molecular weight is 448 g/mol. The molecule has 0 amide bonds. The fourth-order valence-corrected chi connectivity index (χ4v) is 4.00. The van der Waals surface area contributed by atoms with Crippen LogP contribution in [0.5, 0.6) is 11.5 Å². The fourth-order valence-electron chi connectivity index (χ4n) is 4.00. The summed E-state index contributed by atoms with van der Waals surface area (Å²) in [5, 5.41) is 7.02. The van der Waals surface area contributed by atoms with Gasteiger partial charge in [0.1, 0.15) is 6.61 Å². The van der Waals surface area contributed by atoms with E-state index in [1.165, 1.54) is 0 Å². The van der Waals surface area contributed by atoms with Gasteiger partial charge in [-0.2, -0.15) is 0 Å². The number of piperidine rings is 1. The molecular formula is C25H45N5O2. The molecule has 2 rings (SSSR count). The molecule has 2 N–H and O–H groups in total. The molecule has 0 aromatic heterocycles. The maximum absolute atomic E-state index is 5.98. The standard InChI is InChI=1S/C25H45N5O2/c1-7-26-25(28-22-12-14-30(15-13-22)20(4)5)27-19-21-10-11-23(24(18-21)31-6)32-17-16-29(8-2)9-3/h10-11,18,20,22H,7-9,12-17,19H2,1-6H3,(H2,26,27,28). The molecule has 0 atom stereocenters. The van der Waals surface area contributed by atoms with Gasteiger partial charge in [0.2, 0.25) is 0 Å². The first-order chi connectivity index (χ1) is 15.5. The van der Waals surface area contributed by atoms with E-state index in [2.05, 4.69) is 61.1 Å². The molecule has 7 nitrogen and oxygen atoms in total. The summed E-state index contributed by atoms with van der Waals surface area (Å²) in [6.45, 7) is 18.3. The maximum atomic E-state index is 5.98. The van der Waals surface area contributed by atoms with Crippen molar-refractivity contribution < 1.29 is 9.47 Å². The first-order valence-electron chi connectivity index (χ1n) is 12.3. The molecule has 0 saturated carbocycles. The molecule has 0 spiro atoms. The van der Waals surface area contributed by atoms with Gasteiger partial charge in [0.05, 0.1) is 13.7 Å². The van der Waals surface area contributed by atoms with Gasteiger partial charge in [0.15, 0.2) is 17.5 Å². The van der Waals surface area contributed by atoms with Gasteiger partial charge < -0.3 is 29.9 Å². The Balaban J connectivity index is 1.93. The van der Waals surface area contributed by atoms with Gasteiger partial charge in [0.25, 0.3) is 0 Å². The van der Waals surface area contributed by atoms with Crippen molar-refractivity contribution in [1.29, 1.82) is 0 Å². The number of likely N-dealkylation sites (N-methyl/N-ethyl adjacent to an activating group) is 1. The molecule has 1 aromatic rings. The summed E-state index contributed by atoms with van der Waals surface area (Å²) in [4.78, 5) is 9.71. The number of nitrogens with one attached hydrogen (secondary N) is 2. The third-order valence-corrected chi connectivity index (χ3v) is 6.15. The van der Waals surface area contributed by atoms with Crippen LogP contribution < -0.4 is 20.1 Å². The maximum Gasteiger partial charge on any atom is 0.191 e. The van der Waals surface area contributed by atoms with Crippen LogP contribution in [0.2, 0.25) is 0 Å². The van der Waals surface area contributed by atoms with E-state index in [0.29, 0.717) is 25.2 Å². The number of rotatable bonds is 12. The highest BCUT2D eigenvalue weighted by Gasteiger charge is 2.21. The van der Waals surface area contributed by atoms with Crippen LogP contribution in [0.1, 0.15) is 53.0 Å². The molecule has 1 heterocycles. The highest BCUT2D eigenvalue weighted by Crippen LogP contribution is 2.28. The van der Waals surface area contributed by atoms with Crippen LogP contribution in [0, 0.1) is 0 Å². The average Bonchev–Trinajstić information content (AvgIpc) is 2.81. The molecule has 0 bridgehead atoms. The monoisotopic (exact) mass is 447 g/mol. The zero-order chi connectivity index (χ0) is 23.3. The van der Waals surface area contributed by atoms with E-state index in [0.717, 1.165) is 75.1 Å². The van der Waals surface area contributed by atoms with E-state index in [1.54, 1.807) is 7.11 Å². The third-order valence-electron chi connectivity index (χ3n) is 6.15. The molecule has 1 fully saturated rings. The zero-order valence-electron chi connectivity index (χ0n) is 21.1. The van der Waals surface area contributed by atoms with Gasteiger partial charge >= 0.3 is 0 Å². The number of methoxy groups -OCH3 is 1. The second-order valence-electron chi connectivity index (χ2n) is 8.60. The Morgan fingerprint density at radius 1 is 1.16 bits per heavy atom. The van der Waals surface area contributed by atoms with Gasteiger partial charge in [-0.1, -0.05) is 19.9 Å². The summed E-state index contributed by atoms with van der Waals surface area (Å²) in [6.07, 6.45) is 2.30. The summed E-state index contributed by atoms with van der Waals surface area (Å²) in [7, 11) is 1.69. The Labute approximate surface area is 195 Å². The number of benzene rings is 1. The fraction of sp³-hybridized carbons (Fsp3) is 0.720. The van der Waals surface area contributed by atoms with Crippen LogP contribution >= 0.6 is 0 Å². The third kappa shape index (κ3) is 8.51. The smallest absolute Gasteiger partial charge is 0.191 e. The van der Waals surface area contributed by atoms with Crippen LogP contribution in [0.4, 0.5) is 0 Å². The molecule has 7 heteroatoms. The molecule has 1 aromatic carbocycles. The molecule has 182 valence electrons. The topological polar surface area (TPSA) is 61.4 Å². The number of aliphatic imine (C=N–C) groups is 1. The van der Waals surface area contributed by atoms with Crippen LogP contribution in [-0.2, 0) is 6.54 Å². The molecule has 0 unspecified atom stereocenters. The van der Waals surface area contributed by atoms with E-state index in [9.17, 15) is 0 Å². The lowest BCUT2D eigenvalue weighted by Crippen LogP contribution is -2.49. The van der Waals surface area contributed by atoms with E-state index in [1.807, 2.05) is 12.1 Å². The van der Waals surface area contributed by atoms with Gasteiger partial charge in [0, 0.05) is 38.3 Å². The number of hydrogen-bond acceptors (Lipinski definition) is 5. The summed E-state index contributed by atoms with van der Waals surface area (Å²) in [5.74, 6) is 2.43. The van der Waals surface area contributed by atoms with Crippen molar-refractivity contribution in [1.82, 2.24) is 20.4 Å². The minimum atomic E-state index is 0.471. The Hall–Kier alpha value is -1.99. The summed E-state index contributed by atoms with van der Waals surface area (Å²) < 4.78 is 11.6. The number of guanidine groups is 1. The lowest BCUT2D eigenvalue weighted by molar-refractivity contribution is 0.167. The van der Waals surface area contributed by atoms with E-state index < -0.39 is 0 Å². The normalized spacial score (nSPS) is 15.9. The van der Waals surface area contributed by atoms with Crippen LogP contribution in [-0.4, -0.2) is 80.8 Å². The minimum absolute atomic E-state index is 0.471. The lowest BCUT2D eigenvalue weighted by Gasteiger charge is -2.35. The zero-order valence-corrected chi connectivity index (χ0v) is 21.1. The van der Waals surface area contributed by atoms with Crippen molar-refractivity contribution in [2.24, 2.45) is 4.99 Å².